The van der Waals surface area contributed by atoms with E-state index >= 15 is 0 Å². The second-order valence-corrected chi connectivity index (χ2v) is 7.88. The molecule has 2 fully saturated rings. The Morgan fingerprint density at radius 3 is 2.50 bits per heavy atom. The van der Waals surface area contributed by atoms with Gasteiger partial charge in [-0.3, -0.25) is 9.59 Å². The molecule has 0 unspecified atom stereocenters. The molecule has 2 amide bonds. The molecule has 1 heterocycles. The zero-order chi connectivity index (χ0) is 20.3. The average Bonchev–Trinajstić information content (AvgIpc) is 3.17. The highest BCUT2D eigenvalue weighted by Gasteiger charge is 2.38. The Morgan fingerprint density at radius 1 is 1.11 bits per heavy atom. The van der Waals surface area contributed by atoms with Crippen LogP contribution < -0.4 is 5.32 Å². The largest absolute Gasteiger partial charge is 0.416 e. The molecular weight excluding hydrogens is 369 g/mol. The minimum atomic E-state index is -4.42. The molecule has 1 aromatic carbocycles. The number of benzene rings is 1. The Bertz CT molecular complexity index is 714. The summed E-state index contributed by atoms with van der Waals surface area (Å²) < 4.78 is 38.8. The van der Waals surface area contributed by atoms with Crippen molar-refractivity contribution in [3.8, 4) is 0 Å². The zero-order valence-electron chi connectivity index (χ0n) is 16.1. The standard InChI is InChI=1S/C21H27F3N2O2/c1-14(16-9-5-10-17(13-16)21(22,23)24)25-19(27)18-11-6-12-26(18)20(28)15-7-3-2-4-8-15/h5,9-10,13-15,18H,2-4,6-8,11-12H2,1H3,(H,25,27)/t14-,18+/m0/s1. The number of rotatable bonds is 4. The molecule has 1 saturated heterocycles. The first-order chi connectivity index (χ1) is 13.3. The summed E-state index contributed by atoms with van der Waals surface area (Å²) in [7, 11) is 0. The highest BCUT2D eigenvalue weighted by molar-refractivity contribution is 5.89. The van der Waals surface area contributed by atoms with E-state index in [2.05, 4.69) is 5.32 Å². The molecule has 0 radical (unpaired) electrons. The lowest BCUT2D eigenvalue weighted by Crippen LogP contribution is -2.48. The van der Waals surface area contributed by atoms with Crippen LogP contribution in [0.1, 0.15) is 69.0 Å². The van der Waals surface area contributed by atoms with Crippen LogP contribution in [0.2, 0.25) is 0 Å². The monoisotopic (exact) mass is 396 g/mol. The fraction of sp³-hybridized carbons (Fsp3) is 0.619. The minimum absolute atomic E-state index is 0.00282. The predicted molar refractivity (Wildman–Crippen MR) is 99.3 cm³/mol. The molecule has 1 saturated carbocycles. The van der Waals surface area contributed by atoms with E-state index in [4.69, 9.17) is 0 Å². The number of carbonyl (C=O) groups is 2. The van der Waals surface area contributed by atoms with Crippen LogP contribution >= 0.6 is 0 Å². The van der Waals surface area contributed by atoms with E-state index in [1.165, 1.54) is 6.07 Å². The fourth-order valence-electron chi connectivity index (χ4n) is 4.26. The maximum absolute atomic E-state index is 12.9. The van der Waals surface area contributed by atoms with Crippen molar-refractivity contribution in [1.82, 2.24) is 10.2 Å². The van der Waals surface area contributed by atoms with Crippen molar-refractivity contribution in [2.45, 2.75) is 70.1 Å². The first-order valence-corrected chi connectivity index (χ1v) is 10.1. The van der Waals surface area contributed by atoms with Crippen LogP contribution in [0.25, 0.3) is 0 Å². The Balaban J connectivity index is 1.65. The Kier molecular flexibility index (Phi) is 6.30. The highest BCUT2D eigenvalue weighted by Crippen LogP contribution is 2.31. The van der Waals surface area contributed by atoms with Crippen LogP contribution in [-0.2, 0) is 15.8 Å². The molecular formula is C21H27F3N2O2. The van der Waals surface area contributed by atoms with Gasteiger partial charge in [-0.2, -0.15) is 13.2 Å². The quantitative estimate of drug-likeness (QED) is 0.817. The van der Waals surface area contributed by atoms with Crippen molar-refractivity contribution in [2.24, 2.45) is 5.92 Å². The van der Waals surface area contributed by atoms with Crippen LogP contribution in [0, 0.1) is 5.92 Å². The van der Waals surface area contributed by atoms with Gasteiger partial charge in [-0.25, -0.2) is 0 Å². The number of amides is 2. The van der Waals surface area contributed by atoms with E-state index in [9.17, 15) is 22.8 Å². The number of hydrogen-bond donors (Lipinski definition) is 1. The smallest absolute Gasteiger partial charge is 0.348 e. The van der Waals surface area contributed by atoms with Crippen molar-refractivity contribution >= 4 is 11.8 Å². The van der Waals surface area contributed by atoms with Crippen LogP contribution in [0.3, 0.4) is 0 Å². The van der Waals surface area contributed by atoms with E-state index < -0.39 is 23.8 Å². The summed E-state index contributed by atoms with van der Waals surface area (Å²) in [6.07, 6.45) is 1.96. The lowest BCUT2D eigenvalue weighted by molar-refractivity contribution is -0.142. The van der Waals surface area contributed by atoms with Gasteiger partial charge in [0.15, 0.2) is 0 Å². The number of likely N-dealkylation sites (tertiary alicyclic amines) is 1. The molecule has 0 bridgehead atoms. The van der Waals surface area contributed by atoms with Gasteiger partial charge in [0.1, 0.15) is 6.04 Å². The fourth-order valence-corrected chi connectivity index (χ4v) is 4.26. The van der Waals surface area contributed by atoms with Crippen molar-refractivity contribution < 1.29 is 22.8 Å². The first-order valence-electron chi connectivity index (χ1n) is 10.1. The molecule has 3 rings (SSSR count). The number of carbonyl (C=O) groups excluding carboxylic acids is 2. The van der Waals surface area contributed by atoms with E-state index in [0.717, 1.165) is 50.7 Å². The molecule has 0 spiro atoms. The Morgan fingerprint density at radius 2 is 1.82 bits per heavy atom. The lowest BCUT2D eigenvalue weighted by atomic mass is 9.88. The van der Waals surface area contributed by atoms with Gasteiger partial charge in [-0.15, -0.1) is 0 Å². The predicted octanol–water partition coefficient (Wildman–Crippen LogP) is 4.45. The maximum atomic E-state index is 12.9. The average molecular weight is 396 g/mol. The van der Waals surface area contributed by atoms with Crippen molar-refractivity contribution in [2.75, 3.05) is 6.54 Å². The number of alkyl halides is 3. The Hall–Kier alpha value is -2.05. The van der Waals surface area contributed by atoms with Crippen LogP contribution in [-0.4, -0.2) is 29.3 Å². The first kappa shape index (κ1) is 20.7. The SMILES string of the molecule is C[C@H](NC(=O)[C@H]1CCCN1C(=O)C1CCCCC1)c1cccc(C(F)(F)F)c1. The van der Waals surface area contributed by atoms with Gasteiger partial charge in [0.2, 0.25) is 11.8 Å². The summed E-state index contributed by atoms with van der Waals surface area (Å²) in [5.41, 5.74) is -0.340. The Labute approximate surface area is 163 Å². The third kappa shape index (κ3) is 4.67. The van der Waals surface area contributed by atoms with E-state index in [0.29, 0.717) is 18.5 Å². The molecule has 1 aromatic rings. The summed E-state index contributed by atoms with van der Waals surface area (Å²) in [4.78, 5) is 27.3. The van der Waals surface area contributed by atoms with Gasteiger partial charge in [-0.05, 0) is 50.3 Å². The number of nitrogens with zero attached hydrogens (tertiary/aromatic N) is 1. The zero-order valence-corrected chi connectivity index (χ0v) is 16.1. The molecule has 7 heteroatoms. The molecule has 2 atom stereocenters. The van der Waals surface area contributed by atoms with Gasteiger partial charge in [0, 0.05) is 12.5 Å². The molecule has 28 heavy (non-hydrogen) atoms. The second-order valence-electron chi connectivity index (χ2n) is 7.88. The normalized spacial score (nSPS) is 22.1. The number of halogens is 3. The lowest BCUT2D eigenvalue weighted by Gasteiger charge is -2.30. The van der Waals surface area contributed by atoms with E-state index in [-0.39, 0.29) is 17.7 Å². The third-order valence-corrected chi connectivity index (χ3v) is 5.87. The highest BCUT2D eigenvalue weighted by atomic mass is 19.4. The van der Waals surface area contributed by atoms with Crippen molar-refractivity contribution in [1.29, 1.82) is 0 Å². The maximum Gasteiger partial charge on any atom is 0.416 e. The topological polar surface area (TPSA) is 49.4 Å². The van der Waals surface area contributed by atoms with Crippen molar-refractivity contribution in [3.05, 3.63) is 35.4 Å². The van der Waals surface area contributed by atoms with Crippen molar-refractivity contribution in [3.63, 3.8) is 0 Å². The number of nitrogens with one attached hydrogen (secondary N) is 1. The van der Waals surface area contributed by atoms with E-state index in [1.807, 2.05) is 0 Å². The number of hydrogen-bond acceptors (Lipinski definition) is 2. The second kappa shape index (κ2) is 8.53. The van der Waals surface area contributed by atoms with Gasteiger partial charge in [0.05, 0.1) is 11.6 Å². The minimum Gasteiger partial charge on any atom is -0.348 e. The third-order valence-electron chi connectivity index (χ3n) is 5.87. The molecule has 4 nitrogen and oxygen atoms in total. The molecule has 2 aliphatic rings. The summed E-state index contributed by atoms with van der Waals surface area (Å²) >= 11 is 0. The van der Waals surface area contributed by atoms with Crippen LogP contribution in [0.5, 0.6) is 0 Å². The summed E-state index contributed by atoms with van der Waals surface area (Å²) in [5, 5.41) is 2.80. The summed E-state index contributed by atoms with van der Waals surface area (Å²) in [6.45, 7) is 2.24. The van der Waals surface area contributed by atoms with Gasteiger partial charge in [0.25, 0.3) is 0 Å². The van der Waals surface area contributed by atoms with Crippen LogP contribution in [0.15, 0.2) is 24.3 Å². The summed E-state index contributed by atoms with van der Waals surface area (Å²) in [5.74, 6) is -0.223. The molecule has 0 aromatic heterocycles. The van der Waals surface area contributed by atoms with Gasteiger partial charge < -0.3 is 10.2 Å². The molecule has 1 aliphatic carbocycles. The summed E-state index contributed by atoms with van der Waals surface area (Å²) in [6, 6.07) is 3.89. The van der Waals surface area contributed by atoms with Crippen LogP contribution in [0.4, 0.5) is 13.2 Å². The molecule has 1 aliphatic heterocycles. The molecule has 154 valence electrons. The van der Waals surface area contributed by atoms with E-state index in [1.54, 1.807) is 17.9 Å². The van der Waals surface area contributed by atoms with Gasteiger partial charge >= 0.3 is 6.18 Å². The van der Waals surface area contributed by atoms with Gasteiger partial charge in [-0.1, -0.05) is 31.4 Å². The molecule has 1 N–H and O–H groups in total.